The van der Waals surface area contributed by atoms with Crippen LogP contribution in [0.5, 0.6) is 0 Å². The number of nitrogens with zero attached hydrogens (tertiary/aromatic N) is 3. The van der Waals surface area contributed by atoms with Crippen molar-refractivity contribution in [2.24, 2.45) is 4.99 Å². The SMILES string of the molecule is CCNC(=NCCCN1CCCCCC1=O)NCCC(=O)N1CCc2sccc2C1. The van der Waals surface area contributed by atoms with Crippen LogP contribution in [0.15, 0.2) is 16.4 Å². The average Bonchev–Trinajstić information content (AvgIpc) is 3.12. The highest BCUT2D eigenvalue weighted by atomic mass is 32.1. The number of likely N-dealkylation sites (tertiary alicyclic amines) is 1. The lowest BCUT2D eigenvalue weighted by Gasteiger charge is -2.27. The summed E-state index contributed by atoms with van der Waals surface area (Å²) in [5, 5.41) is 8.63. The van der Waals surface area contributed by atoms with E-state index in [-0.39, 0.29) is 11.8 Å². The van der Waals surface area contributed by atoms with Crippen molar-refractivity contribution in [3.05, 3.63) is 21.9 Å². The molecule has 0 atom stereocenters. The Labute approximate surface area is 183 Å². The number of thiophene rings is 1. The maximum absolute atomic E-state index is 12.6. The third-order valence-electron chi connectivity index (χ3n) is 5.66. The molecule has 7 nitrogen and oxygen atoms in total. The molecule has 1 aromatic heterocycles. The lowest BCUT2D eigenvalue weighted by atomic mass is 10.1. The standard InChI is InChI=1S/C22H35N5O2S/c1-2-23-22(24-11-6-14-26-13-5-3-4-7-20(26)28)25-12-8-21(29)27-15-9-19-18(17-27)10-16-30-19/h10,16H,2-9,11-15,17H2,1H3,(H2,23,24,25). The summed E-state index contributed by atoms with van der Waals surface area (Å²) >= 11 is 1.79. The van der Waals surface area contributed by atoms with Gasteiger partial charge in [-0.2, -0.15) is 0 Å². The van der Waals surface area contributed by atoms with E-state index in [1.807, 2.05) is 16.7 Å². The van der Waals surface area contributed by atoms with Gasteiger partial charge in [0.25, 0.3) is 0 Å². The van der Waals surface area contributed by atoms with Crippen molar-refractivity contribution in [3.63, 3.8) is 0 Å². The fourth-order valence-electron chi connectivity index (χ4n) is 3.98. The van der Waals surface area contributed by atoms with Gasteiger partial charge in [-0.15, -0.1) is 11.3 Å². The zero-order valence-electron chi connectivity index (χ0n) is 18.1. The quantitative estimate of drug-likeness (QED) is 0.375. The maximum Gasteiger partial charge on any atom is 0.224 e. The molecule has 0 aromatic carbocycles. The number of hydrogen-bond acceptors (Lipinski definition) is 4. The molecule has 0 aliphatic carbocycles. The number of carbonyl (C=O) groups is 2. The van der Waals surface area contributed by atoms with Gasteiger partial charge in [-0.25, -0.2) is 0 Å². The molecule has 2 aliphatic rings. The van der Waals surface area contributed by atoms with Gasteiger partial charge in [0, 0.05) is 63.5 Å². The van der Waals surface area contributed by atoms with Gasteiger partial charge in [-0.1, -0.05) is 6.42 Å². The molecule has 3 rings (SSSR count). The van der Waals surface area contributed by atoms with Crippen molar-refractivity contribution in [3.8, 4) is 0 Å². The number of rotatable bonds is 8. The number of hydrogen-bond donors (Lipinski definition) is 2. The van der Waals surface area contributed by atoms with Crippen LogP contribution in [0.2, 0.25) is 0 Å². The van der Waals surface area contributed by atoms with E-state index in [2.05, 4.69) is 27.1 Å². The van der Waals surface area contributed by atoms with Gasteiger partial charge < -0.3 is 20.4 Å². The minimum absolute atomic E-state index is 0.190. The van der Waals surface area contributed by atoms with E-state index in [4.69, 9.17) is 0 Å². The van der Waals surface area contributed by atoms with Crippen molar-refractivity contribution >= 4 is 29.1 Å². The highest BCUT2D eigenvalue weighted by Crippen LogP contribution is 2.24. The van der Waals surface area contributed by atoms with Crippen molar-refractivity contribution in [1.29, 1.82) is 0 Å². The lowest BCUT2D eigenvalue weighted by Crippen LogP contribution is -2.41. The van der Waals surface area contributed by atoms with Crippen LogP contribution in [-0.2, 0) is 22.6 Å². The molecule has 0 bridgehead atoms. The summed E-state index contributed by atoms with van der Waals surface area (Å²) in [4.78, 5) is 34.6. The van der Waals surface area contributed by atoms with Gasteiger partial charge in [0.15, 0.2) is 5.96 Å². The maximum atomic E-state index is 12.6. The molecule has 2 amide bonds. The van der Waals surface area contributed by atoms with Crippen molar-refractivity contribution in [1.82, 2.24) is 20.4 Å². The Morgan fingerprint density at radius 2 is 2.10 bits per heavy atom. The number of aliphatic imine (C=N–C) groups is 1. The average molecular weight is 434 g/mol. The predicted octanol–water partition coefficient (Wildman–Crippen LogP) is 2.37. The molecule has 0 radical (unpaired) electrons. The number of carbonyl (C=O) groups excluding carboxylic acids is 2. The molecule has 0 spiro atoms. The molecule has 1 fully saturated rings. The summed E-state index contributed by atoms with van der Waals surface area (Å²) in [6, 6.07) is 2.13. The van der Waals surface area contributed by atoms with Crippen LogP contribution in [-0.4, -0.2) is 66.8 Å². The Balaban J connectivity index is 1.37. The summed E-state index contributed by atoms with van der Waals surface area (Å²) in [6.45, 7) is 7.26. The summed E-state index contributed by atoms with van der Waals surface area (Å²) in [5.41, 5.74) is 1.30. The van der Waals surface area contributed by atoms with Crippen LogP contribution < -0.4 is 10.6 Å². The summed E-state index contributed by atoms with van der Waals surface area (Å²) in [5.74, 6) is 1.22. The Kier molecular flexibility index (Phi) is 8.99. The molecule has 1 saturated heterocycles. The molecule has 1 aromatic rings. The largest absolute Gasteiger partial charge is 0.357 e. The molecular formula is C22H35N5O2S. The van der Waals surface area contributed by atoms with Gasteiger partial charge in [0.1, 0.15) is 0 Å². The molecule has 2 aliphatic heterocycles. The van der Waals surface area contributed by atoms with Crippen LogP contribution in [0.1, 0.15) is 55.9 Å². The minimum atomic E-state index is 0.190. The first-order valence-corrected chi connectivity index (χ1v) is 12.2. The zero-order chi connectivity index (χ0) is 21.2. The first-order valence-electron chi connectivity index (χ1n) is 11.3. The topological polar surface area (TPSA) is 77.0 Å². The molecule has 0 unspecified atom stereocenters. The van der Waals surface area contributed by atoms with Crippen LogP contribution >= 0.6 is 11.3 Å². The smallest absolute Gasteiger partial charge is 0.224 e. The molecule has 2 N–H and O–H groups in total. The molecular weight excluding hydrogens is 398 g/mol. The van der Waals surface area contributed by atoms with E-state index in [0.717, 1.165) is 70.8 Å². The van der Waals surface area contributed by atoms with Gasteiger partial charge in [0.05, 0.1) is 0 Å². The first-order chi connectivity index (χ1) is 14.7. The number of fused-ring (bicyclic) bond motifs is 1. The Hall–Kier alpha value is -2.09. The van der Waals surface area contributed by atoms with Crippen molar-refractivity contribution in [2.45, 2.75) is 58.4 Å². The molecule has 30 heavy (non-hydrogen) atoms. The monoisotopic (exact) mass is 433 g/mol. The number of guanidine groups is 1. The number of nitrogens with one attached hydrogen (secondary N) is 2. The minimum Gasteiger partial charge on any atom is -0.357 e. The molecule has 8 heteroatoms. The van der Waals surface area contributed by atoms with Crippen LogP contribution in [0.4, 0.5) is 0 Å². The lowest BCUT2D eigenvalue weighted by molar-refractivity contribution is -0.132. The normalized spacial score (nSPS) is 17.5. The molecule has 166 valence electrons. The van der Waals surface area contributed by atoms with Crippen LogP contribution in [0.3, 0.4) is 0 Å². The second-order valence-electron chi connectivity index (χ2n) is 7.92. The van der Waals surface area contributed by atoms with Crippen LogP contribution in [0, 0.1) is 0 Å². The van der Waals surface area contributed by atoms with Gasteiger partial charge in [0.2, 0.25) is 11.8 Å². The predicted molar refractivity (Wildman–Crippen MR) is 122 cm³/mol. The summed E-state index contributed by atoms with van der Waals surface area (Å²) in [7, 11) is 0. The Morgan fingerprint density at radius 1 is 1.20 bits per heavy atom. The second-order valence-corrected chi connectivity index (χ2v) is 8.92. The third kappa shape index (κ3) is 6.72. The highest BCUT2D eigenvalue weighted by Gasteiger charge is 2.21. The van der Waals surface area contributed by atoms with Gasteiger partial charge in [-0.3, -0.25) is 14.6 Å². The highest BCUT2D eigenvalue weighted by molar-refractivity contribution is 7.10. The summed E-state index contributed by atoms with van der Waals surface area (Å²) < 4.78 is 0. The second kappa shape index (κ2) is 11.9. The van der Waals surface area contributed by atoms with Gasteiger partial charge >= 0.3 is 0 Å². The van der Waals surface area contributed by atoms with E-state index in [0.29, 0.717) is 25.9 Å². The molecule has 0 saturated carbocycles. The number of amides is 2. The van der Waals surface area contributed by atoms with Crippen molar-refractivity contribution < 1.29 is 9.59 Å². The fourth-order valence-corrected chi connectivity index (χ4v) is 4.87. The van der Waals surface area contributed by atoms with E-state index in [1.165, 1.54) is 10.4 Å². The molecule has 3 heterocycles. The van der Waals surface area contributed by atoms with E-state index >= 15 is 0 Å². The zero-order valence-corrected chi connectivity index (χ0v) is 18.9. The van der Waals surface area contributed by atoms with E-state index in [1.54, 1.807) is 11.3 Å². The third-order valence-corrected chi connectivity index (χ3v) is 6.69. The summed E-state index contributed by atoms with van der Waals surface area (Å²) in [6.07, 6.45) is 6.26. The fraction of sp³-hybridized carbons (Fsp3) is 0.682. The van der Waals surface area contributed by atoms with E-state index < -0.39 is 0 Å². The van der Waals surface area contributed by atoms with Crippen molar-refractivity contribution in [2.75, 3.05) is 39.3 Å². The van der Waals surface area contributed by atoms with Gasteiger partial charge in [-0.05, 0) is 49.6 Å². The Bertz CT molecular complexity index is 733. The van der Waals surface area contributed by atoms with Crippen LogP contribution in [0.25, 0.3) is 0 Å². The van der Waals surface area contributed by atoms with E-state index in [9.17, 15) is 9.59 Å². The Morgan fingerprint density at radius 3 is 2.97 bits per heavy atom. The first kappa shape index (κ1) is 22.6.